The molecule has 1 atom stereocenters. The molecular formula is C23H22N3O+. The molecule has 2 N–H and O–H groups in total. The zero-order valence-corrected chi connectivity index (χ0v) is 15.2. The highest BCUT2D eigenvalue weighted by molar-refractivity contribution is 5.91. The summed E-state index contributed by atoms with van der Waals surface area (Å²) < 4.78 is 0. The first kappa shape index (κ1) is 18.4. The molecule has 0 heterocycles. The topological polar surface area (TPSA) is 57.3 Å². The summed E-state index contributed by atoms with van der Waals surface area (Å²) in [4.78, 5) is 13.6. The number of carbonyl (C=O) groups excluding carboxylic acids is 1. The molecule has 27 heavy (non-hydrogen) atoms. The number of hydrogen-bond donors (Lipinski definition) is 2. The predicted octanol–water partition coefficient (Wildman–Crippen LogP) is 2.80. The zero-order valence-electron chi connectivity index (χ0n) is 15.2. The van der Waals surface area contributed by atoms with Crippen molar-refractivity contribution in [2.75, 3.05) is 18.9 Å². The van der Waals surface area contributed by atoms with Crippen molar-refractivity contribution in [2.24, 2.45) is 0 Å². The fraction of sp³-hybridized carbons (Fsp3) is 0.130. The summed E-state index contributed by atoms with van der Waals surface area (Å²) in [5.41, 5.74) is 3.62. The number of carbonyl (C=O) groups is 1. The van der Waals surface area contributed by atoms with Gasteiger partial charge in [0.05, 0.1) is 18.7 Å². The second-order valence-corrected chi connectivity index (χ2v) is 6.51. The summed E-state index contributed by atoms with van der Waals surface area (Å²) in [7, 11) is 2.03. The molecule has 0 saturated carbocycles. The van der Waals surface area contributed by atoms with Crippen molar-refractivity contribution < 1.29 is 9.69 Å². The summed E-state index contributed by atoms with van der Waals surface area (Å²) >= 11 is 0. The first-order chi connectivity index (χ1) is 13.2. The SMILES string of the molecule is C[NH+](CC(=O)Nc1ccc(C#N)cc1)C(c1ccccc1)c1ccccc1. The molecule has 0 saturated heterocycles. The zero-order chi connectivity index (χ0) is 19.1. The van der Waals surface area contributed by atoms with Crippen LogP contribution < -0.4 is 10.2 Å². The van der Waals surface area contributed by atoms with Crippen molar-refractivity contribution in [1.29, 1.82) is 5.26 Å². The Morgan fingerprint density at radius 1 is 0.926 bits per heavy atom. The lowest BCUT2D eigenvalue weighted by Gasteiger charge is -2.25. The van der Waals surface area contributed by atoms with Gasteiger partial charge in [-0.2, -0.15) is 5.26 Å². The summed E-state index contributed by atoms with van der Waals surface area (Å²) in [6.07, 6.45) is 0. The smallest absolute Gasteiger partial charge is 0.279 e. The van der Waals surface area contributed by atoms with Crippen LogP contribution in [-0.4, -0.2) is 19.5 Å². The summed E-state index contributed by atoms with van der Waals surface area (Å²) in [5, 5.41) is 11.8. The first-order valence-corrected chi connectivity index (χ1v) is 8.89. The Morgan fingerprint density at radius 2 is 1.44 bits per heavy atom. The van der Waals surface area contributed by atoms with Crippen molar-refractivity contribution in [3.63, 3.8) is 0 Å². The lowest BCUT2D eigenvalue weighted by molar-refractivity contribution is -0.897. The van der Waals surface area contributed by atoms with Crippen molar-refractivity contribution in [2.45, 2.75) is 6.04 Å². The molecule has 4 nitrogen and oxygen atoms in total. The Bertz CT molecular complexity index is 876. The van der Waals surface area contributed by atoms with Gasteiger partial charge in [-0.1, -0.05) is 60.7 Å². The number of likely N-dealkylation sites (N-methyl/N-ethyl adjacent to an activating group) is 1. The third-order valence-corrected chi connectivity index (χ3v) is 4.50. The van der Waals surface area contributed by atoms with E-state index in [2.05, 4.69) is 35.7 Å². The van der Waals surface area contributed by atoms with Crippen molar-refractivity contribution in [3.8, 4) is 6.07 Å². The van der Waals surface area contributed by atoms with Crippen LogP contribution in [-0.2, 0) is 4.79 Å². The molecule has 0 aromatic heterocycles. The number of quaternary nitrogens is 1. The average Bonchev–Trinajstić information content (AvgIpc) is 2.70. The van der Waals surface area contributed by atoms with E-state index in [1.807, 2.05) is 43.4 Å². The van der Waals surface area contributed by atoms with Gasteiger partial charge in [-0.15, -0.1) is 0 Å². The monoisotopic (exact) mass is 356 g/mol. The van der Waals surface area contributed by atoms with Crippen LogP contribution in [0.1, 0.15) is 22.7 Å². The van der Waals surface area contributed by atoms with Gasteiger partial charge in [0.25, 0.3) is 5.91 Å². The van der Waals surface area contributed by atoms with Gasteiger partial charge in [0.15, 0.2) is 6.54 Å². The minimum atomic E-state index is -0.0610. The molecule has 3 aromatic carbocycles. The average molecular weight is 356 g/mol. The molecule has 0 aliphatic carbocycles. The maximum atomic E-state index is 12.5. The fourth-order valence-electron chi connectivity index (χ4n) is 3.24. The second-order valence-electron chi connectivity index (χ2n) is 6.51. The van der Waals surface area contributed by atoms with E-state index in [1.54, 1.807) is 24.3 Å². The van der Waals surface area contributed by atoms with E-state index in [0.717, 1.165) is 4.90 Å². The van der Waals surface area contributed by atoms with Gasteiger partial charge in [-0.25, -0.2) is 0 Å². The Morgan fingerprint density at radius 3 is 1.93 bits per heavy atom. The summed E-state index contributed by atoms with van der Waals surface area (Å²) in [6.45, 7) is 0.328. The number of nitrogens with zero attached hydrogens (tertiary/aromatic N) is 1. The van der Waals surface area contributed by atoms with Crippen LogP contribution >= 0.6 is 0 Å². The van der Waals surface area contributed by atoms with E-state index in [1.165, 1.54) is 11.1 Å². The highest BCUT2D eigenvalue weighted by atomic mass is 16.2. The molecule has 3 rings (SSSR count). The van der Waals surface area contributed by atoms with E-state index in [9.17, 15) is 4.79 Å². The van der Waals surface area contributed by atoms with Gasteiger partial charge in [0, 0.05) is 16.8 Å². The van der Waals surface area contributed by atoms with Crippen LogP contribution in [0.2, 0.25) is 0 Å². The van der Waals surface area contributed by atoms with Crippen LogP contribution in [0.15, 0.2) is 84.9 Å². The minimum absolute atomic E-state index is 0.0610. The molecule has 0 aliphatic heterocycles. The maximum Gasteiger partial charge on any atom is 0.279 e. The third-order valence-electron chi connectivity index (χ3n) is 4.50. The molecule has 134 valence electrons. The van der Waals surface area contributed by atoms with Crippen LogP contribution in [0.3, 0.4) is 0 Å². The largest absolute Gasteiger partial charge is 0.321 e. The van der Waals surface area contributed by atoms with Gasteiger partial charge in [0.2, 0.25) is 0 Å². The number of nitriles is 1. The van der Waals surface area contributed by atoms with Crippen molar-refractivity contribution >= 4 is 11.6 Å². The number of benzene rings is 3. The third kappa shape index (κ3) is 4.81. The van der Waals surface area contributed by atoms with Gasteiger partial charge < -0.3 is 10.2 Å². The predicted molar refractivity (Wildman–Crippen MR) is 106 cm³/mol. The molecule has 0 radical (unpaired) electrons. The number of hydrogen-bond acceptors (Lipinski definition) is 2. The van der Waals surface area contributed by atoms with E-state index in [-0.39, 0.29) is 11.9 Å². The molecule has 0 bridgehead atoms. The summed E-state index contributed by atoms with van der Waals surface area (Å²) in [6, 6.07) is 29.5. The molecule has 0 spiro atoms. The van der Waals surface area contributed by atoms with Gasteiger partial charge in [-0.3, -0.25) is 4.79 Å². The van der Waals surface area contributed by atoms with Crippen LogP contribution in [0.4, 0.5) is 5.69 Å². The van der Waals surface area contributed by atoms with E-state index in [4.69, 9.17) is 5.26 Å². The van der Waals surface area contributed by atoms with Crippen LogP contribution in [0.5, 0.6) is 0 Å². The number of amides is 1. The van der Waals surface area contributed by atoms with Crippen LogP contribution in [0.25, 0.3) is 0 Å². The van der Waals surface area contributed by atoms with Crippen LogP contribution in [0, 0.1) is 11.3 Å². The van der Waals surface area contributed by atoms with Crippen molar-refractivity contribution in [1.82, 2.24) is 0 Å². The van der Waals surface area contributed by atoms with Gasteiger partial charge >= 0.3 is 0 Å². The lowest BCUT2D eigenvalue weighted by atomic mass is 9.97. The Labute approximate surface area is 159 Å². The Balaban J connectivity index is 1.75. The molecule has 4 heteroatoms. The standard InChI is InChI=1S/C23H21N3O/c1-26(17-22(27)25-21-14-12-18(16-24)13-15-21)23(19-8-4-2-5-9-19)20-10-6-3-7-11-20/h2-15,23H,17H2,1H3,(H,25,27)/p+1. The first-order valence-electron chi connectivity index (χ1n) is 8.89. The van der Waals surface area contributed by atoms with E-state index in [0.29, 0.717) is 17.8 Å². The quantitative estimate of drug-likeness (QED) is 0.714. The maximum absolute atomic E-state index is 12.5. The number of anilines is 1. The minimum Gasteiger partial charge on any atom is -0.321 e. The Kier molecular flexibility index (Phi) is 5.98. The number of rotatable bonds is 6. The highest BCUT2D eigenvalue weighted by Crippen LogP contribution is 2.18. The van der Waals surface area contributed by atoms with E-state index < -0.39 is 0 Å². The number of nitrogens with one attached hydrogen (secondary N) is 2. The van der Waals surface area contributed by atoms with Crippen molar-refractivity contribution in [3.05, 3.63) is 102 Å². The highest BCUT2D eigenvalue weighted by Gasteiger charge is 2.24. The molecular weight excluding hydrogens is 334 g/mol. The molecule has 1 unspecified atom stereocenters. The molecule has 1 amide bonds. The lowest BCUT2D eigenvalue weighted by Crippen LogP contribution is -3.10. The molecule has 0 aliphatic rings. The Hall–Kier alpha value is -3.42. The van der Waals surface area contributed by atoms with E-state index >= 15 is 0 Å². The summed E-state index contributed by atoms with van der Waals surface area (Å²) in [5.74, 6) is -0.0610. The normalized spacial score (nSPS) is 11.6. The second kappa shape index (κ2) is 8.79. The fourth-order valence-corrected chi connectivity index (χ4v) is 3.24. The molecule has 3 aromatic rings. The van der Waals surface area contributed by atoms with Gasteiger partial charge in [0.1, 0.15) is 6.04 Å². The van der Waals surface area contributed by atoms with Gasteiger partial charge in [-0.05, 0) is 24.3 Å². The molecule has 0 fully saturated rings.